The minimum atomic E-state index is -3.53. The molecule has 2 amide bonds. The second-order valence-electron chi connectivity index (χ2n) is 6.20. The van der Waals surface area contributed by atoms with Crippen LogP contribution in [0.1, 0.15) is 29.8 Å². The van der Waals surface area contributed by atoms with Gasteiger partial charge in [0.25, 0.3) is 5.91 Å². The van der Waals surface area contributed by atoms with E-state index in [-0.39, 0.29) is 23.5 Å². The summed E-state index contributed by atoms with van der Waals surface area (Å²) in [4.78, 5) is 24.0. The normalized spacial score (nSPS) is 11.3. The Morgan fingerprint density at radius 2 is 1.66 bits per heavy atom. The number of carbonyl (C=O) groups is 2. The number of hydrogen-bond acceptors (Lipinski definition) is 4. The van der Waals surface area contributed by atoms with Crippen molar-refractivity contribution >= 4 is 21.8 Å². The van der Waals surface area contributed by atoms with E-state index in [1.54, 1.807) is 26.0 Å². The van der Waals surface area contributed by atoms with Gasteiger partial charge in [-0.1, -0.05) is 32.0 Å². The number of amides is 2. The molecule has 0 atom stereocenters. The molecule has 2 aromatic carbocycles. The second-order valence-corrected chi connectivity index (χ2v) is 8.14. The molecule has 7 nitrogen and oxygen atoms in total. The highest BCUT2D eigenvalue weighted by atomic mass is 32.2. The predicted octanol–water partition coefficient (Wildman–Crippen LogP) is 1.90. The summed E-state index contributed by atoms with van der Waals surface area (Å²) in [6.45, 7) is 4.25. The van der Waals surface area contributed by atoms with E-state index in [9.17, 15) is 22.4 Å². The lowest BCUT2D eigenvalue weighted by Gasteiger charge is -2.18. The number of sulfonamides is 1. The Bertz CT molecular complexity index is 958. The Kier molecular flexibility index (Phi) is 7.86. The molecule has 0 fully saturated rings. The Hall–Kier alpha value is -2.78. The summed E-state index contributed by atoms with van der Waals surface area (Å²) in [6.07, 6.45) is 0. The number of nitrogens with zero attached hydrogens (tertiary/aromatic N) is 1. The molecule has 0 radical (unpaired) electrons. The maximum Gasteiger partial charge on any atom is 0.251 e. The van der Waals surface area contributed by atoms with Gasteiger partial charge in [-0.3, -0.25) is 9.59 Å². The average Bonchev–Trinajstić information content (AvgIpc) is 2.71. The molecule has 0 unspecified atom stereocenters. The lowest BCUT2D eigenvalue weighted by molar-refractivity contribution is -0.120. The van der Waals surface area contributed by atoms with Crippen molar-refractivity contribution in [2.24, 2.45) is 0 Å². The van der Waals surface area contributed by atoms with E-state index in [4.69, 9.17) is 0 Å². The van der Waals surface area contributed by atoms with Crippen LogP contribution in [0.5, 0.6) is 0 Å². The first kappa shape index (κ1) is 22.5. The molecule has 156 valence electrons. The van der Waals surface area contributed by atoms with Gasteiger partial charge in [0, 0.05) is 25.2 Å². The molecule has 0 spiro atoms. The lowest BCUT2D eigenvalue weighted by Crippen LogP contribution is -2.36. The Morgan fingerprint density at radius 1 is 1.00 bits per heavy atom. The van der Waals surface area contributed by atoms with Crippen LogP contribution in [-0.4, -0.2) is 44.2 Å². The van der Waals surface area contributed by atoms with Crippen molar-refractivity contribution in [2.75, 3.05) is 19.6 Å². The van der Waals surface area contributed by atoms with E-state index in [1.165, 1.54) is 34.6 Å². The Labute approximate surface area is 170 Å². The van der Waals surface area contributed by atoms with Gasteiger partial charge in [0.1, 0.15) is 5.82 Å². The minimum Gasteiger partial charge on any atom is -0.350 e. The van der Waals surface area contributed by atoms with Crippen molar-refractivity contribution < 1.29 is 22.4 Å². The van der Waals surface area contributed by atoms with Gasteiger partial charge in [-0.05, 0) is 35.9 Å². The molecule has 0 aliphatic carbocycles. The van der Waals surface area contributed by atoms with Crippen LogP contribution in [0.25, 0.3) is 0 Å². The van der Waals surface area contributed by atoms with Crippen LogP contribution < -0.4 is 10.6 Å². The standard InChI is InChI=1S/C20H24FN3O4S/c1-3-24(4-2)29(27,28)18-10-8-15(9-11-18)13-22-19(25)14-23-20(26)16-6-5-7-17(21)12-16/h5-12H,3-4,13-14H2,1-2H3,(H,22,25)(H,23,26). The van der Waals surface area contributed by atoms with E-state index < -0.39 is 27.7 Å². The van der Waals surface area contributed by atoms with Crippen molar-refractivity contribution in [3.8, 4) is 0 Å². The molecule has 0 saturated heterocycles. The largest absolute Gasteiger partial charge is 0.350 e. The molecule has 0 aliphatic heterocycles. The third-order valence-electron chi connectivity index (χ3n) is 4.25. The highest BCUT2D eigenvalue weighted by Gasteiger charge is 2.21. The highest BCUT2D eigenvalue weighted by Crippen LogP contribution is 2.16. The van der Waals surface area contributed by atoms with E-state index >= 15 is 0 Å². The Morgan fingerprint density at radius 3 is 2.24 bits per heavy atom. The molecule has 2 N–H and O–H groups in total. The second kappa shape index (κ2) is 10.1. The Balaban J connectivity index is 1.86. The van der Waals surface area contributed by atoms with Crippen molar-refractivity contribution in [1.82, 2.24) is 14.9 Å². The number of rotatable bonds is 9. The van der Waals surface area contributed by atoms with E-state index in [0.29, 0.717) is 18.7 Å². The van der Waals surface area contributed by atoms with E-state index in [1.807, 2.05) is 0 Å². The molecule has 2 rings (SSSR count). The molecule has 0 aromatic heterocycles. The fourth-order valence-corrected chi connectivity index (χ4v) is 4.11. The van der Waals surface area contributed by atoms with Crippen LogP contribution in [0.2, 0.25) is 0 Å². The summed E-state index contributed by atoms with van der Waals surface area (Å²) >= 11 is 0. The summed E-state index contributed by atoms with van der Waals surface area (Å²) < 4.78 is 39.4. The zero-order valence-corrected chi connectivity index (χ0v) is 17.1. The number of nitrogens with one attached hydrogen (secondary N) is 2. The number of halogens is 1. The fraction of sp³-hybridized carbons (Fsp3) is 0.300. The zero-order chi connectivity index (χ0) is 21.4. The van der Waals surface area contributed by atoms with Gasteiger partial charge in [-0.15, -0.1) is 0 Å². The minimum absolute atomic E-state index is 0.128. The first-order chi connectivity index (χ1) is 13.8. The molecule has 2 aromatic rings. The smallest absolute Gasteiger partial charge is 0.251 e. The summed E-state index contributed by atoms with van der Waals surface area (Å²) in [5.74, 6) is -1.51. The monoisotopic (exact) mass is 421 g/mol. The number of benzene rings is 2. The maximum atomic E-state index is 13.1. The van der Waals surface area contributed by atoms with Crippen LogP contribution in [0.3, 0.4) is 0 Å². The van der Waals surface area contributed by atoms with Crippen molar-refractivity contribution in [2.45, 2.75) is 25.3 Å². The van der Waals surface area contributed by atoms with Crippen molar-refractivity contribution in [1.29, 1.82) is 0 Å². The van der Waals surface area contributed by atoms with Gasteiger partial charge in [0.2, 0.25) is 15.9 Å². The zero-order valence-electron chi connectivity index (χ0n) is 16.3. The molecular formula is C20H24FN3O4S. The summed E-state index contributed by atoms with van der Waals surface area (Å²) in [5.41, 5.74) is 0.844. The summed E-state index contributed by atoms with van der Waals surface area (Å²) in [6, 6.07) is 11.4. The van der Waals surface area contributed by atoms with Crippen LogP contribution in [0, 0.1) is 5.82 Å². The first-order valence-electron chi connectivity index (χ1n) is 9.17. The van der Waals surface area contributed by atoms with Gasteiger partial charge in [-0.25, -0.2) is 12.8 Å². The molecule has 0 bridgehead atoms. The van der Waals surface area contributed by atoms with Gasteiger partial charge >= 0.3 is 0 Å². The number of carbonyl (C=O) groups excluding carboxylic acids is 2. The van der Waals surface area contributed by atoms with Crippen LogP contribution in [-0.2, 0) is 21.4 Å². The van der Waals surface area contributed by atoms with Crippen LogP contribution >= 0.6 is 0 Å². The molecule has 0 saturated carbocycles. The van der Waals surface area contributed by atoms with Gasteiger partial charge in [-0.2, -0.15) is 4.31 Å². The van der Waals surface area contributed by atoms with Crippen molar-refractivity contribution in [3.05, 3.63) is 65.5 Å². The quantitative estimate of drug-likeness (QED) is 0.647. The van der Waals surface area contributed by atoms with Gasteiger partial charge in [0.15, 0.2) is 0 Å². The van der Waals surface area contributed by atoms with E-state index in [2.05, 4.69) is 10.6 Å². The third kappa shape index (κ3) is 6.10. The van der Waals surface area contributed by atoms with Crippen molar-refractivity contribution in [3.63, 3.8) is 0 Å². The molecule has 9 heteroatoms. The topological polar surface area (TPSA) is 95.6 Å². The third-order valence-corrected chi connectivity index (χ3v) is 6.32. The molecule has 0 aliphatic rings. The van der Waals surface area contributed by atoms with Crippen LogP contribution in [0.4, 0.5) is 4.39 Å². The summed E-state index contributed by atoms with van der Waals surface area (Å²) in [5, 5.41) is 5.05. The fourth-order valence-electron chi connectivity index (χ4n) is 2.65. The molecule has 29 heavy (non-hydrogen) atoms. The molecular weight excluding hydrogens is 397 g/mol. The number of hydrogen-bond donors (Lipinski definition) is 2. The average molecular weight is 421 g/mol. The molecule has 0 heterocycles. The summed E-state index contributed by atoms with van der Waals surface area (Å²) in [7, 11) is -3.53. The first-order valence-corrected chi connectivity index (χ1v) is 10.6. The van der Waals surface area contributed by atoms with Gasteiger partial charge < -0.3 is 10.6 Å². The predicted molar refractivity (Wildman–Crippen MR) is 107 cm³/mol. The van der Waals surface area contributed by atoms with E-state index in [0.717, 1.165) is 6.07 Å². The van der Waals surface area contributed by atoms with Gasteiger partial charge in [0.05, 0.1) is 11.4 Å². The van der Waals surface area contributed by atoms with Crippen LogP contribution in [0.15, 0.2) is 53.4 Å². The maximum absolute atomic E-state index is 13.1. The SMILES string of the molecule is CCN(CC)S(=O)(=O)c1ccc(CNC(=O)CNC(=O)c2cccc(F)c2)cc1. The lowest BCUT2D eigenvalue weighted by atomic mass is 10.2. The highest BCUT2D eigenvalue weighted by molar-refractivity contribution is 7.89.